The molecule has 3 aromatic carbocycles. The molecular weight excluding hydrogens is 422 g/mol. The van der Waals surface area contributed by atoms with Crippen molar-refractivity contribution in [3.8, 4) is 0 Å². The van der Waals surface area contributed by atoms with Crippen LogP contribution in [-0.4, -0.2) is 30.9 Å². The van der Waals surface area contributed by atoms with Crippen molar-refractivity contribution in [3.05, 3.63) is 120 Å². The molecule has 0 unspecified atom stereocenters. The Morgan fingerprint density at radius 1 is 0.735 bits per heavy atom. The molecule has 0 radical (unpaired) electrons. The van der Waals surface area contributed by atoms with Gasteiger partial charge in [0.15, 0.2) is 0 Å². The summed E-state index contributed by atoms with van der Waals surface area (Å²) in [7, 11) is 0. The Bertz CT molecular complexity index is 964. The van der Waals surface area contributed by atoms with Crippen molar-refractivity contribution in [2.45, 2.75) is 57.0 Å². The van der Waals surface area contributed by atoms with Crippen LogP contribution in [0.25, 0.3) is 0 Å². The minimum atomic E-state index is -0.124. The highest BCUT2D eigenvalue weighted by molar-refractivity contribution is 5.15. The van der Waals surface area contributed by atoms with Crippen molar-refractivity contribution in [2.75, 3.05) is 6.61 Å². The lowest BCUT2D eigenvalue weighted by Crippen LogP contribution is -2.60. The molecule has 3 aromatic rings. The zero-order chi connectivity index (χ0) is 23.4. The Morgan fingerprint density at radius 2 is 1.26 bits per heavy atom. The van der Waals surface area contributed by atoms with Crippen molar-refractivity contribution >= 4 is 0 Å². The molecule has 1 saturated heterocycles. The fourth-order valence-electron chi connectivity index (χ4n) is 4.46. The van der Waals surface area contributed by atoms with E-state index in [1.54, 1.807) is 0 Å². The topological polar surface area (TPSA) is 39.7 Å². The van der Waals surface area contributed by atoms with Crippen LogP contribution in [0.4, 0.5) is 0 Å². The van der Waals surface area contributed by atoms with Crippen molar-refractivity contribution < 1.29 is 14.2 Å². The number of hydrogen-bond donors (Lipinski definition) is 1. The predicted octanol–water partition coefficient (Wildman–Crippen LogP) is 5.68. The second kappa shape index (κ2) is 13.2. The standard InChI is InChI=1S/C30H35NO3/c1-2-12-27-19-29(33-21-25-15-8-4-9-16-25)30(34-22-26-17-10-5-11-18-26)28(31-27)23-32-20-24-13-6-3-7-14-24/h2-11,13-18,27-31H,1,12,19-23H2/t27-,28+,29-,30+/m1/s1. The summed E-state index contributed by atoms with van der Waals surface area (Å²) in [5.41, 5.74) is 3.49. The molecule has 0 bridgehead atoms. The maximum atomic E-state index is 6.52. The first-order valence-corrected chi connectivity index (χ1v) is 12.1. The molecule has 0 aliphatic carbocycles. The van der Waals surface area contributed by atoms with Crippen molar-refractivity contribution in [2.24, 2.45) is 0 Å². The molecule has 0 aromatic heterocycles. The third-order valence-corrected chi connectivity index (χ3v) is 6.18. The first kappa shape index (κ1) is 24.4. The van der Waals surface area contributed by atoms with Gasteiger partial charge in [0.1, 0.15) is 6.10 Å². The van der Waals surface area contributed by atoms with E-state index >= 15 is 0 Å². The highest BCUT2D eigenvalue weighted by atomic mass is 16.5. The number of hydrogen-bond acceptors (Lipinski definition) is 4. The summed E-state index contributed by atoms with van der Waals surface area (Å²) >= 11 is 0. The van der Waals surface area contributed by atoms with Gasteiger partial charge in [-0.25, -0.2) is 0 Å². The molecule has 0 saturated carbocycles. The molecule has 4 nitrogen and oxygen atoms in total. The lowest BCUT2D eigenvalue weighted by molar-refractivity contribution is -0.133. The van der Waals surface area contributed by atoms with Gasteiger partial charge in [-0.15, -0.1) is 6.58 Å². The Balaban J connectivity index is 1.46. The van der Waals surface area contributed by atoms with Gasteiger partial charge in [-0.2, -0.15) is 0 Å². The summed E-state index contributed by atoms with van der Waals surface area (Å²) in [6.45, 7) is 6.18. The lowest BCUT2D eigenvalue weighted by atomic mass is 9.91. The molecule has 1 aliphatic rings. The van der Waals surface area contributed by atoms with E-state index < -0.39 is 0 Å². The predicted molar refractivity (Wildman–Crippen MR) is 136 cm³/mol. The molecule has 4 heteroatoms. The lowest BCUT2D eigenvalue weighted by Gasteiger charge is -2.42. The molecule has 34 heavy (non-hydrogen) atoms. The number of piperidine rings is 1. The van der Waals surface area contributed by atoms with Crippen LogP contribution in [0.3, 0.4) is 0 Å². The minimum Gasteiger partial charge on any atom is -0.375 e. The Kier molecular flexibility index (Phi) is 9.47. The van der Waals surface area contributed by atoms with Crippen LogP contribution in [0.1, 0.15) is 29.5 Å². The second-order valence-corrected chi connectivity index (χ2v) is 8.83. The summed E-state index contributed by atoms with van der Waals surface area (Å²) in [6.07, 6.45) is 3.55. The van der Waals surface area contributed by atoms with Gasteiger partial charge >= 0.3 is 0 Å². The molecule has 1 heterocycles. The Labute approximate surface area is 203 Å². The van der Waals surface area contributed by atoms with E-state index in [1.165, 1.54) is 11.1 Å². The minimum absolute atomic E-state index is 0.0203. The van der Waals surface area contributed by atoms with E-state index in [-0.39, 0.29) is 24.3 Å². The van der Waals surface area contributed by atoms with Crippen molar-refractivity contribution in [3.63, 3.8) is 0 Å². The molecular formula is C30H35NO3. The SMILES string of the molecule is C=CC[C@@H]1C[C@@H](OCc2ccccc2)[C@@H](OCc2ccccc2)[C@H](COCc2ccccc2)N1. The molecule has 178 valence electrons. The second-order valence-electron chi connectivity index (χ2n) is 8.83. The van der Waals surface area contributed by atoms with Gasteiger partial charge in [-0.05, 0) is 29.5 Å². The summed E-state index contributed by atoms with van der Waals surface area (Å²) in [5.74, 6) is 0. The van der Waals surface area contributed by atoms with Gasteiger partial charge < -0.3 is 19.5 Å². The zero-order valence-electron chi connectivity index (χ0n) is 19.7. The average Bonchev–Trinajstić information content (AvgIpc) is 2.89. The van der Waals surface area contributed by atoms with Gasteiger partial charge in [-0.3, -0.25) is 0 Å². The average molecular weight is 458 g/mol. The third kappa shape index (κ3) is 7.37. The number of rotatable bonds is 12. The Morgan fingerprint density at radius 3 is 1.82 bits per heavy atom. The van der Waals surface area contributed by atoms with Crippen molar-refractivity contribution in [1.29, 1.82) is 0 Å². The fourth-order valence-corrected chi connectivity index (χ4v) is 4.46. The van der Waals surface area contributed by atoms with E-state index in [2.05, 4.69) is 48.3 Å². The number of ether oxygens (including phenoxy) is 3. The molecule has 1 N–H and O–H groups in total. The maximum absolute atomic E-state index is 6.52. The van der Waals surface area contributed by atoms with Crippen LogP contribution >= 0.6 is 0 Å². The van der Waals surface area contributed by atoms with Crippen LogP contribution < -0.4 is 5.32 Å². The highest BCUT2D eigenvalue weighted by Crippen LogP contribution is 2.25. The molecule has 4 rings (SSSR count). The smallest absolute Gasteiger partial charge is 0.102 e. The van der Waals surface area contributed by atoms with E-state index in [1.807, 2.05) is 60.7 Å². The quantitative estimate of drug-likeness (QED) is 0.355. The van der Waals surface area contributed by atoms with E-state index in [9.17, 15) is 0 Å². The monoisotopic (exact) mass is 457 g/mol. The zero-order valence-corrected chi connectivity index (χ0v) is 19.7. The van der Waals surface area contributed by atoms with E-state index in [0.29, 0.717) is 26.4 Å². The number of benzene rings is 3. The summed E-state index contributed by atoms with van der Waals surface area (Å²) < 4.78 is 19.2. The van der Waals surface area contributed by atoms with Gasteiger partial charge in [0.05, 0.1) is 38.6 Å². The summed E-state index contributed by atoms with van der Waals surface area (Å²) in [5, 5.41) is 3.75. The first-order valence-electron chi connectivity index (χ1n) is 12.1. The van der Waals surface area contributed by atoms with Crippen molar-refractivity contribution in [1.82, 2.24) is 5.32 Å². The molecule has 4 atom stereocenters. The van der Waals surface area contributed by atoms with E-state index in [4.69, 9.17) is 14.2 Å². The van der Waals surface area contributed by atoms with Crippen LogP contribution in [0, 0.1) is 0 Å². The van der Waals surface area contributed by atoms with Crippen LogP contribution in [0.15, 0.2) is 104 Å². The van der Waals surface area contributed by atoms with Gasteiger partial charge in [-0.1, -0.05) is 97.1 Å². The molecule has 0 spiro atoms. The summed E-state index contributed by atoms with van der Waals surface area (Å²) in [4.78, 5) is 0. The van der Waals surface area contributed by atoms with Gasteiger partial charge in [0.2, 0.25) is 0 Å². The van der Waals surface area contributed by atoms with Crippen LogP contribution in [0.2, 0.25) is 0 Å². The van der Waals surface area contributed by atoms with Crippen LogP contribution in [0.5, 0.6) is 0 Å². The molecule has 1 aliphatic heterocycles. The largest absolute Gasteiger partial charge is 0.375 e. The Hall–Kier alpha value is -2.76. The van der Waals surface area contributed by atoms with Gasteiger partial charge in [0.25, 0.3) is 0 Å². The maximum Gasteiger partial charge on any atom is 0.102 e. The van der Waals surface area contributed by atoms with Crippen LogP contribution in [-0.2, 0) is 34.0 Å². The normalized spacial score (nSPS) is 22.4. The molecule has 0 amide bonds. The molecule has 1 fully saturated rings. The first-order chi connectivity index (χ1) is 16.8. The number of nitrogens with one attached hydrogen (secondary N) is 1. The van der Waals surface area contributed by atoms with Gasteiger partial charge in [0, 0.05) is 6.04 Å². The summed E-state index contributed by atoms with van der Waals surface area (Å²) in [6, 6.07) is 31.2. The third-order valence-electron chi connectivity index (χ3n) is 6.18. The highest BCUT2D eigenvalue weighted by Gasteiger charge is 2.38. The van der Waals surface area contributed by atoms with E-state index in [0.717, 1.165) is 18.4 Å². The fraction of sp³-hybridized carbons (Fsp3) is 0.333.